The average molecular weight is 351 g/mol. The second-order valence-corrected chi connectivity index (χ2v) is 6.54. The minimum Gasteiger partial charge on any atom is -0.493 e. The van der Waals surface area contributed by atoms with Crippen LogP contribution < -0.4 is 4.74 Å². The summed E-state index contributed by atoms with van der Waals surface area (Å²) in [4.78, 5) is 12.9. The van der Waals surface area contributed by atoms with Gasteiger partial charge in [-0.2, -0.15) is 0 Å². The normalized spacial score (nSPS) is 17.4. The minimum atomic E-state index is -0.819. The first-order valence-electron chi connectivity index (χ1n) is 9.18. The number of para-hydroxylation sites is 1. The minimum absolute atomic E-state index is 0.0632. The molecule has 2 aromatic rings. The first kappa shape index (κ1) is 18.1. The number of amides is 1. The van der Waals surface area contributed by atoms with Gasteiger partial charge in [0.1, 0.15) is 5.75 Å². The van der Waals surface area contributed by atoms with E-state index >= 15 is 0 Å². The zero-order chi connectivity index (χ0) is 18.2. The van der Waals surface area contributed by atoms with Crippen LogP contribution in [-0.2, 0) is 0 Å². The lowest BCUT2D eigenvalue weighted by Gasteiger charge is -2.33. The lowest BCUT2D eigenvalue weighted by Crippen LogP contribution is -2.43. The summed E-state index contributed by atoms with van der Waals surface area (Å²) in [7, 11) is 0. The summed E-state index contributed by atoms with van der Waals surface area (Å²) in [5.74, 6) is 0.831. The predicted octanol–water partition coefficient (Wildman–Crippen LogP) is 5.16. The molecule has 4 heteroatoms. The van der Waals surface area contributed by atoms with Crippen molar-refractivity contribution in [3.63, 3.8) is 0 Å². The quantitative estimate of drug-likeness (QED) is 0.732. The molecule has 136 valence electrons. The molecule has 1 aliphatic rings. The molecule has 1 atom stereocenters. The average Bonchev–Trinajstić information content (AvgIpc) is 2.68. The maximum Gasteiger partial charge on any atom is 0.407 e. The van der Waals surface area contributed by atoms with Gasteiger partial charge in [0.15, 0.2) is 0 Å². The fourth-order valence-electron chi connectivity index (χ4n) is 3.36. The van der Waals surface area contributed by atoms with Gasteiger partial charge in [0.05, 0.1) is 6.61 Å². The first-order chi connectivity index (χ1) is 12.7. The molecule has 1 N–H and O–H groups in total. The van der Waals surface area contributed by atoms with Gasteiger partial charge in [-0.15, -0.1) is 0 Å². The molecule has 1 saturated heterocycles. The third kappa shape index (κ3) is 4.88. The largest absolute Gasteiger partial charge is 0.493 e. The highest BCUT2D eigenvalue weighted by atomic mass is 16.5. The molecule has 0 saturated carbocycles. The van der Waals surface area contributed by atoms with Crippen LogP contribution in [0.15, 0.2) is 54.6 Å². The Morgan fingerprint density at radius 2 is 1.85 bits per heavy atom. The molecule has 1 amide bonds. The SMILES string of the molecule is O=C(O)N1CCCCC1CCOc1ccccc1C=Cc1ccccc1. The third-order valence-electron chi connectivity index (χ3n) is 4.76. The van der Waals surface area contributed by atoms with Crippen LogP contribution in [0.2, 0.25) is 0 Å². The van der Waals surface area contributed by atoms with Crippen LogP contribution in [0.25, 0.3) is 12.2 Å². The molecular formula is C22H25NO3. The summed E-state index contributed by atoms with van der Waals surface area (Å²) in [6, 6.07) is 18.1. The zero-order valence-corrected chi connectivity index (χ0v) is 14.9. The predicted molar refractivity (Wildman–Crippen MR) is 104 cm³/mol. The first-order valence-corrected chi connectivity index (χ1v) is 9.18. The van der Waals surface area contributed by atoms with Crippen LogP contribution >= 0.6 is 0 Å². The Labute approximate surface area is 154 Å². The van der Waals surface area contributed by atoms with Crippen molar-refractivity contribution in [2.75, 3.05) is 13.2 Å². The number of likely N-dealkylation sites (tertiary alicyclic amines) is 1. The number of hydrogen-bond acceptors (Lipinski definition) is 2. The summed E-state index contributed by atoms with van der Waals surface area (Å²) in [5.41, 5.74) is 2.16. The van der Waals surface area contributed by atoms with Gasteiger partial charge < -0.3 is 14.7 Å². The molecule has 4 nitrogen and oxygen atoms in total. The summed E-state index contributed by atoms with van der Waals surface area (Å²) < 4.78 is 5.99. The zero-order valence-electron chi connectivity index (χ0n) is 14.9. The maximum absolute atomic E-state index is 11.3. The van der Waals surface area contributed by atoms with Crippen LogP contribution in [0, 0.1) is 0 Å². The lowest BCUT2D eigenvalue weighted by atomic mass is 10.0. The molecule has 0 aromatic heterocycles. The Kier molecular flexibility index (Phi) is 6.31. The van der Waals surface area contributed by atoms with Crippen molar-refractivity contribution in [1.29, 1.82) is 0 Å². The van der Waals surface area contributed by atoms with Crippen LogP contribution in [0.1, 0.15) is 36.8 Å². The van der Waals surface area contributed by atoms with Crippen LogP contribution in [0.3, 0.4) is 0 Å². The lowest BCUT2D eigenvalue weighted by molar-refractivity contribution is 0.0967. The van der Waals surface area contributed by atoms with Gasteiger partial charge in [-0.1, -0.05) is 60.7 Å². The number of ether oxygens (including phenoxy) is 1. The second-order valence-electron chi connectivity index (χ2n) is 6.54. The Morgan fingerprint density at radius 1 is 1.08 bits per heavy atom. The topological polar surface area (TPSA) is 49.8 Å². The number of rotatable bonds is 6. The van der Waals surface area contributed by atoms with Crippen molar-refractivity contribution in [3.05, 3.63) is 65.7 Å². The van der Waals surface area contributed by atoms with Gasteiger partial charge in [0, 0.05) is 24.6 Å². The smallest absolute Gasteiger partial charge is 0.407 e. The highest BCUT2D eigenvalue weighted by Crippen LogP contribution is 2.23. The number of carboxylic acid groups (broad SMARTS) is 1. The van der Waals surface area contributed by atoms with Crippen molar-refractivity contribution < 1.29 is 14.6 Å². The van der Waals surface area contributed by atoms with Gasteiger partial charge in [-0.25, -0.2) is 4.79 Å². The van der Waals surface area contributed by atoms with E-state index in [-0.39, 0.29) is 6.04 Å². The highest BCUT2D eigenvalue weighted by Gasteiger charge is 2.26. The standard InChI is InChI=1S/C22H25NO3/c24-22(25)23-16-7-6-11-20(23)15-17-26-21-12-5-4-10-19(21)14-13-18-8-2-1-3-9-18/h1-5,8-10,12-14,20H,6-7,11,15-17H2,(H,24,25). The summed E-state index contributed by atoms with van der Waals surface area (Å²) in [5, 5.41) is 9.32. The van der Waals surface area contributed by atoms with Crippen LogP contribution in [-0.4, -0.2) is 35.3 Å². The van der Waals surface area contributed by atoms with E-state index in [0.29, 0.717) is 13.2 Å². The fourth-order valence-corrected chi connectivity index (χ4v) is 3.36. The molecule has 1 aliphatic heterocycles. The van der Waals surface area contributed by atoms with E-state index in [9.17, 15) is 9.90 Å². The fraction of sp³-hybridized carbons (Fsp3) is 0.318. The molecular weight excluding hydrogens is 326 g/mol. The molecule has 1 unspecified atom stereocenters. The number of nitrogens with zero attached hydrogens (tertiary/aromatic N) is 1. The van der Waals surface area contributed by atoms with Crippen molar-refractivity contribution in [2.45, 2.75) is 31.7 Å². The molecule has 0 bridgehead atoms. The molecule has 1 fully saturated rings. The Hall–Kier alpha value is -2.75. The van der Waals surface area contributed by atoms with Crippen LogP contribution in [0.4, 0.5) is 4.79 Å². The molecule has 0 radical (unpaired) electrons. The molecule has 0 aliphatic carbocycles. The van der Waals surface area contributed by atoms with Gasteiger partial charge in [-0.3, -0.25) is 0 Å². The van der Waals surface area contributed by atoms with E-state index in [0.717, 1.165) is 42.6 Å². The van der Waals surface area contributed by atoms with E-state index in [1.807, 2.05) is 42.5 Å². The Bertz CT molecular complexity index is 742. The number of benzene rings is 2. The summed E-state index contributed by atoms with van der Waals surface area (Å²) in [6.45, 7) is 1.15. The Balaban J connectivity index is 1.60. The van der Waals surface area contributed by atoms with E-state index in [4.69, 9.17) is 4.74 Å². The third-order valence-corrected chi connectivity index (χ3v) is 4.76. The van der Waals surface area contributed by atoms with Crippen molar-refractivity contribution in [1.82, 2.24) is 4.90 Å². The van der Waals surface area contributed by atoms with E-state index in [1.165, 1.54) is 0 Å². The van der Waals surface area contributed by atoms with Crippen LogP contribution in [0.5, 0.6) is 5.75 Å². The van der Waals surface area contributed by atoms with Crippen molar-refractivity contribution in [2.24, 2.45) is 0 Å². The maximum atomic E-state index is 11.3. The monoisotopic (exact) mass is 351 g/mol. The number of carbonyl (C=O) groups is 1. The number of hydrogen-bond donors (Lipinski definition) is 1. The van der Waals surface area contributed by atoms with E-state index < -0.39 is 6.09 Å². The highest BCUT2D eigenvalue weighted by molar-refractivity contribution is 5.72. The van der Waals surface area contributed by atoms with E-state index in [2.05, 4.69) is 24.3 Å². The van der Waals surface area contributed by atoms with Crippen molar-refractivity contribution >= 4 is 18.2 Å². The number of piperidine rings is 1. The van der Waals surface area contributed by atoms with Gasteiger partial charge in [0.25, 0.3) is 0 Å². The summed E-state index contributed by atoms with van der Waals surface area (Å²) >= 11 is 0. The molecule has 1 heterocycles. The molecule has 3 rings (SSSR count). The van der Waals surface area contributed by atoms with E-state index in [1.54, 1.807) is 4.90 Å². The molecule has 0 spiro atoms. The van der Waals surface area contributed by atoms with Gasteiger partial charge in [0.2, 0.25) is 0 Å². The van der Waals surface area contributed by atoms with Crippen molar-refractivity contribution in [3.8, 4) is 5.75 Å². The Morgan fingerprint density at radius 3 is 2.65 bits per heavy atom. The molecule has 26 heavy (non-hydrogen) atoms. The second kappa shape index (κ2) is 9.09. The summed E-state index contributed by atoms with van der Waals surface area (Å²) in [6.07, 6.45) is 6.99. The molecule has 2 aromatic carbocycles. The van der Waals surface area contributed by atoms with Gasteiger partial charge in [-0.05, 0) is 30.9 Å². The van der Waals surface area contributed by atoms with Gasteiger partial charge >= 0.3 is 6.09 Å².